The van der Waals surface area contributed by atoms with Crippen molar-refractivity contribution in [2.24, 2.45) is 0 Å². The molecule has 15 heavy (non-hydrogen) atoms. The fraction of sp³-hybridized carbons (Fsp3) is 0.545. The lowest BCUT2D eigenvalue weighted by Gasteiger charge is -2.04. The molecule has 4 heteroatoms. The molecule has 0 fully saturated rings. The summed E-state index contributed by atoms with van der Waals surface area (Å²) >= 11 is 3.36. The van der Waals surface area contributed by atoms with Gasteiger partial charge in [0.2, 0.25) is 0 Å². The van der Waals surface area contributed by atoms with E-state index in [0.29, 0.717) is 0 Å². The van der Waals surface area contributed by atoms with Crippen molar-refractivity contribution in [3.8, 4) is 0 Å². The predicted molar refractivity (Wildman–Crippen MR) is 64.8 cm³/mol. The highest BCUT2D eigenvalue weighted by atomic mass is 79.9. The number of pyridine rings is 1. The van der Waals surface area contributed by atoms with Crippen LogP contribution in [0.25, 0.3) is 0 Å². The molecule has 0 atom stereocenters. The average Bonchev–Trinajstić information content (AvgIpc) is 2.26. The van der Waals surface area contributed by atoms with Crippen molar-refractivity contribution in [1.29, 1.82) is 0 Å². The summed E-state index contributed by atoms with van der Waals surface area (Å²) in [5.41, 5.74) is 1.07. The maximum atomic E-state index is 4.97. The van der Waals surface area contributed by atoms with E-state index < -0.39 is 0 Å². The lowest BCUT2D eigenvalue weighted by Crippen LogP contribution is -2.15. The third-order valence-electron chi connectivity index (χ3n) is 2.05. The molecule has 0 aliphatic rings. The molecule has 1 heterocycles. The van der Waals surface area contributed by atoms with Gasteiger partial charge in [-0.3, -0.25) is 4.98 Å². The number of methoxy groups -OCH3 is 1. The molecule has 3 nitrogen and oxygen atoms in total. The number of hydrogen-bond donors (Lipinski definition) is 1. The summed E-state index contributed by atoms with van der Waals surface area (Å²) in [6.07, 6.45) is 4.07. The first-order valence-electron chi connectivity index (χ1n) is 5.13. The summed E-state index contributed by atoms with van der Waals surface area (Å²) < 4.78 is 5.99. The van der Waals surface area contributed by atoms with Crippen LogP contribution in [0, 0.1) is 0 Å². The molecule has 0 spiro atoms. The number of nitrogens with zero attached hydrogens (tertiary/aromatic N) is 1. The Bertz CT molecular complexity index is 264. The first-order valence-corrected chi connectivity index (χ1v) is 5.92. The van der Waals surface area contributed by atoms with Gasteiger partial charge in [-0.2, -0.15) is 0 Å². The number of aromatic nitrogens is 1. The Labute approximate surface area is 99.4 Å². The number of halogens is 1. The summed E-state index contributed by atoms with van der Waals surface area (Å²) in [5, 5.41) is 3.35. The summed E-state index contributed by atoms with van der Waals surface area (Å²) in [4.78, 5) is 4.28. The zero-order chi connectivity index (χ0) is 10.9. The van der Waals surface area contributed by atoms with Crippen LogP contribution in [0.1, 0.15) is 18.5 Å². The second-order valence-corrected chi connectivity index (χ2v) is 4.26. The quantitative estimate of drug-likeness (QED) is 0.774. The van der Waals surface area contributed by atoms with E-state index in [0.717, 1.165) is 42.7 Å². The van der Waals surface area contributed by atoms with Crippen LogP contribution in [0.3, 0.4) is 0 Å². The van der Waals surface area contributed by atoms with Gasteiger partial charge < -0.3 is 10.1 Å². The second kappa shape index (κ2) is 7.79. The molecule has 0 aliphatic heterocycles. The van der Waals surface area contributed by atoms with Gasteiger partial charge >= 0.3 is 0 Å². The van der Waals surface area contributed by atoms with E-state index in [1.165, 1.54) is 0 Å². The van der Waals surface area contributed by atoms with Gasteiger partial charge in [0.05, 0.1) is 5.69 Å². The van der Waals surface area contributed by atoms with Gasteiger partial charge in [-0.1, -0.05) is 0 Å². The van der Waals surface area contributed by atoms with Crippen LogP contribution in [0.4, 0.5) is 0 Å². The molecule has 1 aromatic rings. The summed E-state index contributed by atoms with van der Waals surface area (Å²) in [5.74, 6) is 0. The molecule has 0 saturated carbocycles. The first-order chi connectivity index (χ1) is 7.33. The highest BCUT2D eigenvalue weighted by Crippen LogP contribution is 2.06. The molecule has 1 rings (SSSR count). The highest BCUT2D eigenvalue weighted by molar-refractivity contribution is 9.10. The molecule has 0 radical (unpaired) electrons. The Morgan fingerprint density at radius 2 is 2.27 bits per heavy atom. The number of hydrogen-bond acceptors (Lipinski definition) is 3. The topological polar surface area (TPSA) is 34.1 Å². The van der Waals surface area contributed by atoms with Crippen LogP contribution in [-0.4, -0.2) is 25.2 Å². The predicted octanol–water partition coefficient (Wildman–Crippen LogP) is 2.36. The third-order valence-corrected chi connectivity index (χ3v) is 2.52. The molecule has 1 aromatic heterocycles. The summed E-state index contributed by atoms with van der Waals surface area (Å²) in [6, 6.07) is 4.03. The van der Waals surface area contributed by atoms with E-state index in [1.807, 2.05) is 18.3 Å². The minimum absolute atomic E-state index is 0.834. The monoisotopic (exact) mass is 272 g/mol. The van der Waals surface area contributed by atoms with Gasteiger partial charge in [0, 0.05) is 30.9 Å². The number of nitrogens with one attached hydrogen (secondary N) is 1. The van der Waals surface area contributed by atoms with E-state index in [9.17, 15) is 0 Å². The Balaban J connectivity index is 2.07. The zero-order valence-corrected chi connectivity index (χ0v) is 10.6. The summed E-state index contributed by atoms with van der Waals surface area (Å²) in [7, 11) is 1.74. The van der Waals surface area contributed by atoms with Gasteiger partial charge in [-0.15, -0.1) is 0 Å². The molecule has 1 N–H and O–H groups in total. The second-order valence-electron chi connectivity index (χ2n) is 3.34. The number of rotatable bonds is 7. The van der Waals surface area contributed by atoms with Crippen LogP contribution in [0.15, 0.2) is 22.8 Å². The van der Waals surface area contributed by atoms with E-state index in [1.54, 1.807) is 7.11 Å². The molecular formula is C11H17BrN2O. The van der Waals surface area contributed by atoms with Crippen molar-refractivity contribution in [2.45, 2.75) is 19.4 Å². The van der Waals surface area contributed by atoms with Crippen LogP contribution in [-0.2, 0) is 11.3 Å². The largest absolute Gasteiger partial charge is 0.385 e. The van der Waals surface area contributed by atoms with Crippen LogP contribution in [0.2, 0.25) is 0 Å². The SMILES string of the molecule is COCCCCNCc1ccc(Br)cn1. The number of ether oxygens (including phenoxy) is 1. The fourth-order valence-electron chi connectivity index (χ4n) is 1.22. The lowest BCUT2D eigenvalue weighted by molar-refractivity contribution is 0.192. The standard InChI is InChI=1S/C11H17BrN2O/c1-15-7-3-2-6-13-9-11-5-4-10(12)8-14-11/h4-5,8,13H,2-3,6-7,9H2,1H3. The molecule has 0 aromatic carbocycles. The molecule has 84 valence electrons. The molecule has 0 saturated heterocycles. The van der Waals surface area contributed by atoms with Crippen molar-refractivity contribution in [3.63, 3.8) is 0 Å². The van der Waals surface area contributed by atoms with Gasteiger partial charge in [0.15, 0.2) is 0 Å². The average molecular weight is 273 g/mol. The first kappa shape index (κ1) is 12.6. The number of unbranched alkanes of at least 4 members (excludes halogenated alkanes) is 1. The Kier molecular flexibility index (Phi) is 6.55. The third kappa shape index (κ3) is 5.87. The van der Waals surface area contributed by atoms with E-state index >= 15 is 0 Å². The van der Waals surface area contributed by atoms with E-state index in [2.05, 4.69) is 26.2 Å². The minimum atomic E-state index is 0.834. The zero-order valence-electron chi connectivity index (χ0n) is 9.00. The van der Waals surface area contributed by atoms with Crippen molar-refractivity contribution in [1.82, 2.24) is 10.3 Å². The normalized spacial score (nSPS) is 10.5. The summed E-state index contributed by atoms with van der Waals surface area (Å²) in [6.45, 7) is 2.69. The van der Waals surface area contributed by atoms with Gasteiger partial charge in [-0.05, 0) is 47.4 Å². The van der Waals surface area contributed by atoms with Crippen molar-refractivity contribution < 1.29 is 4.74 Å². The van der Waals surface area contributed by atoms with E-state index in [4.69, 9.17) is 4.74 Å². The van der Waals surface area contributed by atoms with Gasteiger partial charge in [-0.25, -0.2) is 0 Å². The molecule has 0 unspecified atom stereocenters. The van der Waals surface area contributed by atoms with Crippen molar-refractivity contribution in [2.75, 3.05) is 20.3 Å². The highest BCUT2D eigenvalue weighted by Gasteiger charge is 1.94. The molecular weight excluding hydrogens is 256 g/mol. The van der Waals surface area contributed by atoms with Crippen molar-refractivity contribution >= 4 is 15.9 Å². The minimum Gasteiger partial charge on any atom is -0.385 e. The van der Waals surface area contributed by atoms with Crippen LogP contribution < -0.4 is 5.32 Å². The maximum absolute atomic E-state index is 4.97. The Morgan fingerprint density at radius 1 is 1.40 bits per heavy atom. The van der Waals surface area contributed by atoms with Crippen molar-refractivity contribution in [3.05, 3.63) is 28.5 Å². The Hall–Kier alpha value is -0.450. The lowest BCUT2D eigenvalue weighted by atomic mass is 10.3. The molecule has 0 aliphatic carbocycles. The maximum Gasteiger partial charge on any atom is 0.0542 e. The Morgan fingerprint density at radius 3 is 2.93 bits per heavy atom. The van der Waals surface area contributed by atoms with Gasteiger partial charge in [0.25, 0.3) is 0 Å². The van der Waals surface area contributed by atoms with Crippen LogP contribution >= 0.6 is 15.9 Å². The van der Waals surface area contributed by atoms with Crippen LogP contribution in [0.5, 0.6) is 0 Å². The smallest absolute Gasteiger partial charge is 0.0542 e. The molecule has 0 bridgehead atoms. The van der Waals surface area contributed by atoms with E-state index in [-0.39, 0.29) is 0 Å². The fourth-order valence-corrected chi connectivity index (χ4v) is 1.46. The van der Waals surface area contributed by atoms with Gasteiger partial charge in [0.1, 0.15) is 0 Å². The molecule has 0 amide bonds.